The molecule has 6 nitrogen and oxygen atoms in total. The minimum Gasteiger partial charge on any atom is -0.326 e. The molecule has 0 radical (unpaired) electrons. The molecule has 0 aliphatic carbocycles. The number of hydrogen-bond acceptors (Lipinski definition) is 4. The van der Waals surface area contributed by atoms with Gasteiger partial charge in [-0.25, -0.2) is 4.98 Å². The van der Waals surface area contributed by atoms with Crippen molar-refractivity contribution in [1.82, 2.24) is 9.55 Å². The predicted molar refractivity (Wildman–Crippen MR) is 110 cm³/mol. The number of para-hydroxylation sites is 2. The zero-order chi connectivity index (χ0) is 19.4. The van der Waals surface area contributed by atoms with Gasteiger partial charge in [-0.05, 0) is 50.2 Å². The third-order valence-electron chi connectivity index (χ3n) is 4.06. The second-order valence-corrected chi connectivity index (χ2v) is 7.44. The van der Waals surface area contributed by atoms with Crippen LogP contribution in [0.25, 0.3) is 11.0 Å². The normalized spacial score (nSPS) is 12.0. The van der Waals surface area contributed by atoms with E-state index in [0.29, 0.717) is 11.4 Å². The van der Waals surface area contributed by atoms with Crippen molar-refractivity contribution in [3.63, 3.8) is 0 Å². The minimum absolute atomic E-state index is 0.0954. The SMILES string of the molecule is CCn1c(S[C@@H](C)C(=O)Nc2ccc(NC(C)=O)cc2)nc2ccccc21. The van der Waals surface area contributed by atoms with Gasteiger partial charge in [0.2, 0.25) is 11.8 Å². The van der Waals surface area contributed by atoms with Crippen molar-refractivity contribution in [3.8, 4) is 0 Å². The molecule has 1 heterocycles. The van der Waals surface area contributed by atoms with Gasteiger partial charge < -0.3 is 15.2 Å². The molecule has 140 valence electrons. The molecule has 0 saturated heterocycles. The third-order valence-corrected chi connectivity index (χ3v) is 5.15. The van der Waals surface area contributed by atoms with E-state index < -0.39 is 0 Å². The number of amides is 2. The van der Waals surface area contributed by atoms with Crippen LogP contribution in [0.2, 0.25) is 0 Å². The molecule has 3 rings (SSSR count). The lowest BCUT2D eigenvalue weighted by molar-refractivity contribution is -0.115. The first-order valence-electron chi connectivity index (χ1n) is 8.78. The van der Waals surface area contributed by atoms with Gasteiger partial charge in [-0.15, -0.1) is 0 Å². The van der Waals surface area contributed by atoms with E-state index in [9.17, 15) is 9.59 Å². The molecule has 0 fully saturated rings. The third kappa shape index (κ3) is 4.49. The Balaban J connectivity index is 1.68. The van der Waals surface area contributed by atoms with Crippen LogP contribution in [0.15, 0.2) is 53.7 Å². The summed E-state index contributed by atoms with van der Waals surface area (Å²) in [6, 6.07) is 15.0. The first-order chi connectivity index (χ1) is 13.0. The van der Waals surface area contributed by atoms with Crippen LogP contribution in [0.5, 0.6) is 0 Å². The maximum absolute atomic E-state index is 12.6. The quantitative estimate of drug-likeness (QED) is 0.629. The number of fused-ring (bicyclic) bond motifs is 1. The lowest BCUT2D eigenvalue weighted by atomic mass is 10.2. The van der Waals surface area contributed by atoms with Crippen molar-refractivity contribution in [1.29, 1.82) is 0 Å². The van der Waals surface area contributed by atoms with Crippen molar-refractivity contribution in [2.24, 2.45) is 0 Å². The molecule has 0 aliphatic heterocycles. The number of rotatable bonds is 6. The van der Waals surface area contributed by atoms with Gasteiger partial charge in [-0.1, -0.05) is 23.9 Å². The van der Waals surface area contributed by atoms with Crippen molar-refractivity contribution < 1.29 is 9.59 Å². The van der Waals surface area contributed by atoms with E-state index >= 15 is 0 Å². The largest absolute Gasteiger partial charge is 0.326 e. The van der Waals surface area contributed by atoms with Crippen LogP contribution in [-0.2, 0) is 16.1 Å². The fraction of sp³-hybridized carbons (Fsp3) is 0.250. The summed E-state index contributed by atoms with van der Waals surface area (Å²) >= 11 is 1.44. The number of nitrogens with zero attached hydrogens (tertiary/aromatic N) is 2. The Bertz CT molecular complexity index is 966. The molecule has 0 saturated carbocycles. The summed E-state index contributed by atoms with van der Waals surface area (Å²) in [6.07, 6.45) is 0. The fourth-order valence-electron chi connectivity index (χ4n) is 2.74. The maximum Gasteiger partial charge on any atom is 0.237 e. The molecule has 7 heteroatoms. The molecule has 1 atom stereocenters. The summed E-state index contributed by atoms with van der Waals surface area (Å²) < 4.78 is 2.12. The number of carbonyl (C=O) groups excluding carboxylic acids is 2. The van der Waals surface area contributed by atoms with E-state index in [1.54, 1.807) is 24.3 Å². The standard InChI is InChI=1S/C20H22N4O2S/c1-4-24-18-8-6-5-7-17(18)23-20(24)27-13(2)19(26)22-16-11-9-15(10-12-16)21-14(3)25/h5-13H,4H2,1-3H3,(H,21,25)(H,22,26)/t13-/m0/s1. The average molecular weight is 382 g/mol. The van der Waals surface area contributed by atoms with Gasteiger partial charge in [0, 0.05) is 24.8 Å². The van der Waals surface area contributed by atoms with Gasteiger partial charge in [0.05, 0.1) is 16.3 Å². The van der Waals surface area contributed by atoms with Crippen molar-refractivity contribution in [2.45, 2.75) is 37.7 Å². The van der Waals surface area contributed by atoms with Gasteiger partial charge in [0.15, 0.2) is 5.16 Å². The molecule has 3 aromatic rings. The van der Waals surface area contributed by atoms with E-state index in [1.807, 2.05) is 31.2 Å². The van der Waals surface area contributed by atoms with Crippen molar-refractivity contribution in [2.75, 3.05) is 10.6 Å². The smallest absolute Gasteiger partial charge is 0.237 e. The van der Waals surface area contributed by atoms with E-state index in [-0.39, 0.29) is 17.1 Å². The Hall–Kier alpha value is -2.80. The molecule has 0 bridgehead atoms. The molecule has 0 aliphatic rings. The molecule has 0 spiro atoms. The number of aryl methyl sites for hydroxylation is 1. The molecule has 27 heavy (non-hydrogen) atoms. The van der Waals surface area contributed by atoms with Gasteiger partial charge in [0.25, 0.3) is 0 Å². The van der Waals surface area contributed by atoms with E-state index in [2.05, 4.69) is 27.1 Å². The predicted octanol–water partition coefficient (Wildman–Crippen LogP) is 4.13. The molecule has 2 amide bonds. The molecule has 2 aromatic carbocycles. The van der Waals surface area contributed by atoms with Crippen LogP contribution in [0, 0.1) is 0 Å². The molecular formula is C20H22N4O2S. The number of hydrogen-bond donors (Lipinski definition) is 2. The number of aromatic nitrogens is 2. The number of imidazole rings is 1. The van der Waals surface area contributed by atoms with Crippen molar-refractivity contribution >= 4 is 46.0 Å². The Labute approximate surface area is 162 Å². The highest BCUT2D eigenvalue weighted by Crippen LogP contribution is 2.28. The highest BCUT2D eigenvalue weighted by Gasteiger charge is 2.19. The summed E-state index contributed by atoms with van der Waals surface area (Å²) in [5.41, 5.74) is 3.39. The van der Waals surface area contributed by atoms with Gasteiger partial charge in [-0.3, -0.25) is 9.59 Å². The highest BCUT2D eigenvalue weighted by molar-refractivity contribution is 8.00. The van der Waals surface area contributed by atoms with E-state index in [0.717, 1.165) is 22.7 Å². The number of anilines is 2. The highest BCUT2D eigenvalue weighted by atomic mass is 32.2. The van der Waals surface area contributed by atoms with Gasteiger partial charge in [0.1, 0.15) is 0 Å². The number of benzene rings is 2. The van der Waals surface area contributed by atoms with Crippen LogP contribution >= 0.6 is 11.8 Å². The number of carbonyl (C=O) groups is 2. The lowest BCUT2D eigenvalue weighted by Gasteiger charge is -2.13. The topological polar surface area (TPSA) is 76.0 Å². The second kappa shape index (κ2) is 8.26. The van der Waals surface area contributed by atoms with E-state index in [1.165, 1.54) is 18.7 Å². The van der Waals surface area contributed by atoms with Crippen LogP contribution in [0.4, 0.5) is 11.4 Å². The summed E-state index contributed by atoms with van der Waals surface area (Å²) in [4.78, 5) is 28.3. The summed E-state index contributed by atoms with van der Waals surface area (Å²) in [6.45, 7) is 6.19. The molecule has 0 unspecified atom stereocenters. The minimum atomic E-state index is -0.304. The maximum atomic E-state index is 12.6. The molecular weight excluding hydrogens is 360 g/mol. The monoisotopic (exact) mass is 382 g/mol. The van der Waals surface area contributed by atoms with Crippen LogP contribution in [0.3, 0.4) is 0 Å². The Morgan fingerprint density at radius 2 is 1.70 bits per heavy atom. The number of thioether (sulfide) groups is 1. The van der Waals surface area contributed by atoms with Crippen molar-refractivity contribution in [3.05, 3.63) is 48.5 Å². The van der Waals surface area contributed by atoms with Crippen LogP contribution in [-0.4, -0.2) is 26.6 Å². The molecule has 1 aromatic heterocycles. The first kappa shape index (κ1) is 19.0. The summed E-state index contributed by atoms with van der Waals surface area (Å²) in [5.74, 6) is -0.224. The lowest BCUT2D eigenvalue weighted by Crippen LogP contribution is -2.22. The summed E-state index contributed by atoms with van der Waals surface area (Å²) in [7, 11) is 0. The zero-order valence-corrected chi connectivity index (χ0v) is 16.3. The average Bonchev–Trinajstić information content (AvgIpc) is 2.99. The number of nitrogens with one attached hydrogen (secondary N) is 2. The first-order valence-corrected chi connectivity index (χ1v) is 9.66. The Morgan fingerprint density at radius 3 is 2.33 bits per heavy atom. The van der Waals surface area contributed by atoms with E-state index in [4.69, 9.17) is 0 Å². The summed E-state index contributed by atoms with van der Waals surface area (Å²) in [5, 5.41) is 6.14. The zero-order valence-electron chi connectivity index (χ0n) is 15.5. The Kier molecular flexibility index (Phi) is 5.81. The van der Waals surface area contributed by atoms with Crippen LogP contribution in [0.1, 0.15) is 20.8 Å². The van der Waals surface area contributed by atoms with Gasteiger partial charge >= 0.3 is 0 Å². The Morgan fingerprint density at radius 1 is 1.07 bits per heavy atom. The van der Waals surface area contributed by atoms with Gasteiger partial charge in [-0.2, -0.15) is 0 Å². The fourth-order valence-corrected chi connectivity index (χ4v) is 3.73. The molecule has 2 N–H and O–H groups in total. The van der Waals surface area contributed by atoms with Crippen LogP contribution < -0.4 is 10.6 Å². The second-order valence-electron chi connectivity index (χ2n) is 6.14.